The van der Waals surface area contributed by atoms with E-state index >= 15 is 0 Å². The van der Waals surface area contributed by atoms with Crippen LogP contribution >= 0.6 is 0 Å². The van der Waals surface area contributed by atoms with Crippen molar-refractivity contribution >= 4 is 28.4 Å². The molecule has 118 valence electrons. The zero-order chi connectivity index (χ0) is 16.6. The average molecular weight is 317 g/mol. The Morgan fingerprint density at radius 2 is 2.09 bits per heavy atom. The number of benzene rings is 1. The maximum atomic E-state index is 13.3. The number of anilines is 2. The van der Waals surface area contributed by atoms with Gasteiger partial charge in [-0.05, 0) is 30.3 Å². The first kappa shape index (κ1) is 14.9. The largest absolute Gasteiger partial charge is 0.364 e. The maximum absolute atomic E-state index is 13.3. The number of amides is 1. The molecule has 0 aliphatic rings. The van der Waals surface area contributed by atoms with Gasteiger partial charge in [-0.1, -0.05) is 0 Å². The predicted molar refractivity (Wildman–Crippen MR) is 81.7 cm³/mol. The van der Waals surface area contributed by atoms with Crippen LogP contribution in [0.4, 0.5) is 20.4 Å². The molecule has 8 heteroatoms. The molecule has 4 N–H and O–H groups in total. The summed E-state index contributed by atoms with van der Waals surface area (Å²) < 4.78 is 26.6. The number of aromatic nitrogens is 3. The van der Waals surface area contributed by atoms with Crippen molar-refractivity contribution in [2.24, 2.45) is 5.73 Å². The fourth-order valence-corrected chi connectivity index (χ4v) is 2.14. The van der Waals surface area contributed by atoms with Gasteiger partial charge in [-0.15, -0.1) is 0 Å². The number of carbonyl (C=O) groups is 1. The highest BCUT2D eigenvalue weighted by Gasteiger charge is 2.26. The smallest absolute Gasteiger partial charge is 0.287 e. The lowest BCUT2D eigenvalue weighted by molar-refractivity contribution is 0.0127. The van der Waals surface area contributed by atoms with Crippen LogP contribution in [0.15, 0.2) is 36.5 Å². The van der Waals surface area contributed by atoms with E-state index in [1.807, 2.05) is 0 Å². The topological polar surface area (TPSA) is 96.7 Å². The molecule has 0 bridgehead atoms. The van der Waals surface area contributed by atoms with E-state index < -0.39 is 11.8 Å². The van der Waals surface area contributed by atoms with Gasteiger partial charge in [0.05, 0.1) is 0 Å². The van der Waals surface area contributed by atoms with Crippen molar-refractivity contribution in [3.8, 4) is 0 Å². The van der Waals surface area contributed by atoms with Crippen LogP contribution in [-0.2, 0) is 5.92 Å². The number of nitrogens with one attached hydrogen (secondary N) is 2. The van der Waals surface area contributed by atoms with Gasteiger partial charge in [-0.25, -0.2) is 9.97 Å². The Kier molecular flexibility index (Phi) is 3.44. The molecule has 0 saturated carbocycles. The first-order chi connectivity index (χ1) is 10.8. The van der Waals surface area contributed by atoms with Crippen molar-refractivity contribution in [2.75, 3.05) is 5.32 Å². The van der Waals surface area contributed by atoms with Gasteiger partial charge in [-0.3, -0.25) is 4.79 Å². The van der Waals surface area contributed by atoms with E-state index in [1.54, 1.807) is 24.3 Å². The van der Waals surface area contributed by atoms with Crippen LogP contribution in [-0.4, -0.2) is 20.9 Å². The molecule has 0 spiro atoms. The molecular formula is C15H13F2N5O. The molecule has 0 atom stereocenters. The van der Waals surface area contributed by atoms with E-state index in [4.69, 9.17) is 5.73 Å². The number of rotatable bonds is 4. The number of H-pyrrole nitrogens is 1. The molecule has 0 fully saturated rings. The van der Waals surface area contributed by atoms with Crippen molar-refractivity contribution in [2.45, 2.75) is 12.8 Å². The third-order valence-electron chi connectivity index (χ3n) is 3.25. The Hall–Kier alpha value is -3.03. The molecule has 0 aliphatic carbocycles. The molecule has 23 heavy (non-hydrogen) atoms. The van der Waals surface area contributed by atoms with Crippen LogP contribution in [0.25, 0.3) is 10.9 Å². The molecule has 3 rings (SSSR count). The number of primary amides is 1. The zero-order valence-electron chi connectivity index (χ0n) is 12.1. The van der Waals surface area contributed by atoms with Crippen LogP contribution in [0, 0.1) is 0 Å². The number of hydrogen-bond donors (Lipinski definition) is 3. The molecule has 0 aliphatic heterocycles. The minimum absolute atomic E-state index is 0.0639. The molecule has 0 saturated heterocycles. The fourth-order valence-electron chi connectivity index (χ4n) is 2.14. The van der Waals surface area contributed by atoms with E-state index in [0.717, 1.165) is 17.8 Å². The fraction of sp³-hybridized carbons (Fsp3) is 0.133. The van der Waals surface area contributed by atoms with Crippen molar-refractivity contribution in [3.63, 3.8) is 0 Å². The van der Waals surface area contributed by atoms with Gasteiger partial charge in [0.25, 0.3) is 11.8 Å². The number of carbonyl (C=O) groups excluding carboxylic acids is 1. The number of nitrogens with zero attached hydrogens (tertiary/aromatic N) is 2. The summed E-state index contributed by atoms with van der Waals surface area (Å²) >= 11 is 0. The van der Waals surface area contributed by atoms with Gasteiger partial charge in [0.2, 0.25) is 5.95 Å². The number of nitrogens with two attached hydrogens (primary N) is 1. The predicted octanol–water partition coefficient (Wildman–Crippen LogP) is 2.91. The number of halogens is 2. The Morgan fingerprint density at radius 3 is 2.78 bits per heavy atom. The van der Waals surface area contributed by atoms with Crippen LogP contribution < -0.4 is 11.1 Å². The van der Waals surface area contributed by atoms with E-state index in [9.17, 15) is 13.6 Å². The molecule has 1 aromatic carbocycles. The number of fused-ring (bicyclic) bond motifs is 1. The van der Waals surface area contributed by atoms with Crippen molar-refractivity contribution in [3.05, 3.63) is 47.9 Å². The zero-order valence-corrected chi connectivity index (χ0v) is 12.1. The van der Waals surface area contributed by atoms with Gasteiger partial charge in [-0.2, -0.15) is 8.78 Å². The second-order valence-electron chi connectivity index (χ2n) is 5.13. The molecule has 2 heterocycles. The maximum Gasteiger partial charge on any atom is 0.287 e. The number of hydrogen-bond acceptors (Lipinski definition) is 4. The second-order valence-corrected chi connectivity index (χ2v) is 5.13. The van der Waals surface area contributed by atoms with Gasteiger partial charge < -0.3 is 16.0 Å². The summed E-state index contributed by atoms with van der Waals surface area (Å²) in [5, 5.41) is 3.61. The Bertz CT molecular complexity index is 885. The monoisotopic (exact) mass is 317 g/mol. The summed E-state index contributed by atoms with van der Waals surface area (Å²) in [4.78, 5) is 21.8. The van der Waals surface area contributed by atoms with E-state index in [2.05, 4.69) is 20.3 Å². The minimum Gasteiger partial charge on any atom is -0.364 e. The molecule has 6 nitrogen and oxygen atoms in total. The Balaban J connectivity index is 1.91. The standard InChI is InChI=1S/C15H13F2N5O/c1-15(16,17)12-4-5-19-14(22-12)20-9-2-3-10-8(6-9)7-11(21-10)13(18)23/h2-7,21H,1H3,(H2,18,23)(H,19,20,22). The van der Waals surface area contributed by atoms with E-state index in [-0.39, 0.29) is 11.6 Å². The normalized spacial score (nSPS) is 11.6. The van der Waals surface area contributed by atoms with E-state index in [0.29, 0.717) is 11.4 Å². The highest BCUT2D eigenvalue weighted by atomic mass is 19.3. The van der Waals surface area contributed by atoms with Crippen molar-refractivity contribution in [1.29, 1.82) is 0 Å². The van der Waals surface area contributed by atoms with Crippen molar-refractivity contribution < 1.29 is 13.6 Å². The second kappa shape index (κ2) is 5.31. The number of aromatic amines is 1. The quantitative estimate of drug-likeness (QED) is 0.689. The lowest BCUT2D eigenvalue weighted by Gasteiger charge is -2.11. The lowest BCUT2D eigenvalue weighted by atomic mass is 10.2. The first-order valence-corrected chi connectivity index (χ1v) is 6.74. The van der Waals surface area contributed by atoms with Crippen LogP contribution in [0.3, 0.4) is 0 Å². The average Bonchev–Trinajstić information content (AvgIpc) is 2.90. The third kappa shape index (κ3) is 3.10. The van der Waals surface area contributed by atoms with E-state index in [1.165, 1.54) is 12.3 Å². The van der Waals surface area contributed by atoms with Crippen LogP contribution in [0.2, 0.25) is 0 Å². The molecule has 2 aromatic heterocycles. The molecule has 3 aromatic rings. The first-order valence-electron chi connectivity index (χ1n) is 6.74. The highest BCUT2D eigenvalue weighted by Crippen LogP contribution is 2.26. The van der Waals surface area contributed by atoms with Crippen LogP contribution in [0.1, 0.15) is 23.1 Å². The summed E-state index contributed by atoms with van der Waals surface area (Å²) in [7, 11) is 0. The third-order valence-corrected chi connectivity index (χ3v) is 3.25. The summed E-state index contributed by atoms with van der Waals surface area (Å²) in [6.07, 6.45) is 1.27. The molecule has 1 amide bonds. The SMILES string of the molecule is CC(F)(F)c1ccnc(Nc2ccc3[nH]c(C(N)=O)cc3c2)n1. The van der Waals surface area contributed by atoms with Gasteiger partial charge in [0.15, 0.2) is 0 Å². The molecule has 0 unspecified atom stereocenters. The Morgan fingerprint density at radius 1 is 1.30 bits per heavy atom. The van der Waals surface area contributed by atoms with Gasteiger partial charge in [0, 0.05) is 29.7 Å². The highest BCUT2D eigenvalue weighted by molar-refractivity contribution is 5.97. The van der Waals surface area contributed by atoms with Gasteiger partial charge >= 0.3 is 0 Å². The summed E-state index contributed by atoms with van der Waals surface area (Å²) in [6.45, 7) is 0.774. The lowest BCUT2D eigenvalue weighted by Crippen LogP contribution is -2.11. The minimum atomic E-state index is -3.04. The summed E-state index contributed by atoms with van der Waals surface area (Å²) in [6, 6.07) is 7.96. The molecule has 0 radical (unpaired) electrons. The van der Waals surface area contributed by atoms with Crippen molar-refractivity contribution in [1.82, 2.24) is 15.0 Å². The molecular weight excluding hydrogens is 304 g/mol. The summed E-state index contributed by atoms with van der Waals surface area (Å²) in [5.74, 6) is -3.54. The number of alkyl halides is 2. The summed E-state index contributed by atoms with van der Waals surface area (Å²) in [5.41, 5.74) is 6.48. The Labute approximate surface area is 129 Å². The van der Waals surface area contributed by atoms with Gasteiger partial charge in [0.1, 0.15) is 11.4 Å². The van der Waals surface area contributed by atoms with Crippen LogP contribution in [0.5, 0.6) is 0 Å².